The van der Waals surface area contributed by atoms with E-state index in [4.69, 9.17) is 0 Å². The van der Waals surface area contributed by atoms with Crippen LogP contribution in [0, 0.1) is 17.8 Å². The van der Waals surface area contributed by atoms with Crippen molar-refractivity contribution in [3.05, 3.63) is 0 Å². The number of nitrogens with zero attached hydrogens (tertiary/aromatic N) is 1. The molecule has 0 aromatic rings. The molecule has 0 bridgehead atoms. The van der Waals surface area contributed by atoms with Gasteiger partial charge in [0, 0.05) is 25.2 Å². The summed E-state index contributed by atoms with van der Waals surface area (Å²) >= 11 is 0. The Labute approximate surface area is 106 Å². The van der Waals surface area contributed by atoms with Crippen LogP contribution in [0.2, 0.25) is 0 Å². The summed E-state index contributed by atoms with van der Waals surface area (Å²) in [5.41, 5.74) is 0. The highest BCUT2D eigenvalue weighted by molar-refractivity contribution is 4.96. The summed E-state index contributed by atoms with van der Waals surface area (Å²) in [5.74, 6) is 3.07. The second kappa shape index (κ2) is 4.89. The van der Waals surface area contributed by atoms with Crippen molar-refractivity contribution in [1.29, 1.82) is 0 Å². The number of hydrogen-bond acceptors (Lipinski definition) is 2. The number of hydrogen-bond donors (Lipinski definition) is 1. The van der Waals surface area contributed by atoms with Crippen molar-refractivity contribution in [2.24, 2.45) is 17.8 Å². The van der Waals surface area contributed by atoms with E-state index in [0.29, 0.717) is 0 Å². The van der Waals surface area contributed by atoms with Crippen LogP contribution in [0.1, 0.15) is 45.4 Å². The fraction of sp³-hybridized carbons (Fsp3) is 1.00. The van der Waals surface area contributed by atoms with Gasteiger partial charge in [0.1, 0.15) is 0 Å². The van der Waals surface area contributed by atoms with Gasteiger partial charge in [-0.2, -0.15) is 0 Å². The molecule has 1 unspecified atom stereocenters. The lowest BCUT2D eigenvalue weighted by molar-refractivity contribution is 0.228. The van der Waals surface area contributed by atoms with Gasteiger partial charge in [-0.1, -0.05) is 0 Å². The highest BCUT2D eigenvalue weighted by atomic mass is 15.1. The molecule has 2 nitrogen and oxygen atoms in total. The van der Waals surface area contributed by atoms with E-state index in [1.165, 1.54) is 51.6 Å². The van der Waals surface area contributed by atoms with Crippen molar-refractivity contribution in [3.8, 4) is 0 Å². The van der Waals surface area contributed by atoms with Crippen molar-refractivity contribution in [2.45, 2.75) is 57.5 Å². The average Bonchev–Trinajstić information content (AvgIpc) is 3.19. The highest BCUT2D eigenvalue weighted by Gasteiger charge is 2.41. The smallest absolute Gasteiger partial charge is 0.0124 e. The van der Waals surface area contributed by atoms with Crippen molar-refractivity contribution in [2.75, 3.05) is 20.1 Å². The molecule has 3 fully saturated rings. The number of rotatable bonds is 8. The van der Waals surface area contributed by atoms with Gasteiger partial charge in [0.05, 0.1) is 0 Å². The number of likely N-dealkylation sites (N-methyl/N-ethyl adjacent to an activating group) is 1. The lowest BCUT2D eigenvalue weighted by Crippen LogP contribution is -2.41. The van der Waals surface area contributed by atoms with Crippen molar-refractivity contribution < 1.29 is 0 Å². The summed E-state index contributed by atoms with van der Waals surface area (Å²) in [5, 5.41) is 3.85. The fourth-order valence-electron chi connectivity index (χ4n) is 3.18. The lowest BCUT2D eigenvalue weighted by atomic mass is 10.1. The van der Waals surface area contributed by atoms with Gasteiger partial charge in [0.25, 0.3) is 0 Å². The van der Waals surface area contributed by atoms with Crippen LogP contribution in [0.3, 0.4) is 0 Å². The third kappa shape index (κ3) is 3.23. The van der Waals surface area contributed by atoms with E-state index in [1.807, 2.05) is 0 Å². The molecule has 0 amide bonds. The molecule has 3 aliphatic rings. The maximum absolute atomic E-state index is 3.85. The molecule has 2 heteroatoms. The molecular formula is C15H28N2. The van der Waals surface area contributed by atoms with Gasteiger partial charge >= 0.3 is 0 Å². The summed E-state index contributed by atoms with van der Waals surface area (Å²) in [7, 11) is 2.30. The Morgan fingerprint density at radius 3 is 2.00 bits per heavy atom. The Balaban J connectivity index is 1.35. The molecule has 1 atom stereocenters. The quantitative estimate of drug-likeness (QED) is 0.696. The Kier molecular flexibility index (Phi) is 3.45. The Morgan fingerprint density at radius 2 is 1.53 bits per heavy atom. The molecule has 0 radical (unpaired) electrons. The first kappa shape index (κ1) is 12.0. The Morgan fingerprint density at radius 1 is 1.00 bits per heavy atom. The summed E-state index contributed by atoms with van der Waals surface area (Å²) in [4.78, 5) is 2.56. The first-order valence-electron chi connectivity index (χ1n) is 7.69. The van der Waals surface area contributed by atoms with E-state index in [2.05, 4.69) is 24.2 Å². The van der Waals surface area contributed by atoms with Crippen molar-refractivity contribution in [1.82, 2.24) is 10.2 Å². The van der Waals surface area contributed by atoms with Gasteiger partial charge in [-0.25, -0.2) is 0 Å². The Hall–Kier alpha value is -0.0800. The molecule has 1 N–H and O–H groups in total. The predicted molar refractivity (Wildman–Crippen MR) is 72.1 cm³/mol. The largest absolute Gasteiger partial charge is 0.312 e. The van der Waals surface area contributed by atoms with Crippen molar-refractivity contribution >= 4 is 0 Å². The maximum Gasteiger partial charge on any atom is 0.0124 e. The van der Waals surface area contributed by atoms with E-state index >= 15 is 0 Å². The van der Waals surface area contributed by atoms with Crippen LogP contribution in [0.5, 0.6) is 0 Å². The third-order valence-electron chi connectivity index (χ3n) is 5.10. The average molecular weight is 236 g/mol. The molecule has 0 aliphatic heterocycles. The van der Waals surface area contributed by atoms with Crippen LogP contribution < -0.4 is 5.32 Å². The standard InChI is InChI=1S/C15H28N2/c1-11(12-3-4-12)17(2)10-9-16-15(13-5-6-13)14-7-8-14/h11-16H,3-10H2,1-2H3. The molecule has 0 aromatic heterocycles. The van der Waals surface area contributed by atoms with Gasteiger partial charge in [-0.05, 0) is 70.3 Å². The van der Waals surface area contributed by atoms with Gasteiger partial charge in [0.2, 0.25) is 0 Å². The van der Waals surface area contributed by atoms with Crippen LogP contribution in [-0.4, -0.2) is 37.1 Å². The van der Waals surface area contributed by atoms with Crippen molar-refractivity contribution in [3.63, 3.8) is 0 Å². The first-order chi connectivity index (χ1) is 8.25. The fourth-order valence-corrected chi connectivity index (χ4v) is 3.18. The molecule has 3 rings (SSSR count). The highest BCUT2D eigenvalue weighted by Crippen LogP contribution is 2.44. The second-order valence-electron chi connectivity index (χ2n) is 6.71. The monoisotopic (exact) mass is 236 g/mol. The Bertz CT molecular complexity index is 242. The van der Waals surface area contributed by atoms with Gasteiger partial charge in [0.15, 0.2) is 0 Å². The van der Waals surface area contributed by atoms with Crippen LogP contribution in [0.15, 0.2) is 0 Å². The van der Waals surface area contributed by atoms with Gasteiger partial charge in [-0.3, -0.25) is 0 Å². The zero-order valence-electron chi connectivity index (χ0n) is 11.5. The normalized spacial score (nSPS) is 26.8. The summed E-state index contributed by atoms with van der Waals surface area (Å²) in [6, 6.07) is 1.68. The number of nitrogens with one attached hydrogen (secondary N) is 1. The van der Waals surface area contributed by atoms with E-state index in [0.717, 1.165) is 29.8 Å². The molecule has 0 aromatic carbocycles. The van der Waals surface area contributed by atoms with Gasteiger partial charge < -0.3 is 10.2 Å². The lowest BCUT2D eigenvalue weighted by Gasteiger charge is -2.26. The minimum atomic E-state index is 0.803. The maximum atomic E-state index is 3.85. The molecule has 0 saturated heterocycles. The summed E-state index contributed by atoms with van der Waals surface area (Å²) in [6.45, 7) is 4.83. The molecule has 3 saturated carbocycles. The van der Waals surface area contributed by atoms with Crippen LogP contribution >= 0.6 is 0 Å². The predicted octanol–water partition coefficient (Wildman–Crippen LogP) is 2.49. The zero-order valence-corrected chi connectivity index (χ0v) is 11.5. The van der Waals surface area contributed by atoms with E-state index in [1.54, 1.807) is 0 Å². The molecule has 0 spiro atoms. The minimum absolute atomic E-state index is 0.803. The SMILES string of the molecule is CC(C1CC1)N(C)CCNC(C1CC1)C1CC1. The molecule has 98 valence electrons. The summed E-state index contributed by atoms with van der Waals surface area (Å²) in [6.07, 6.45) is 8.88. The second-order valence-corrected chi connectivity index (χ2v) is 6.71. The minimum Gasteiger partial charge on any atom is -0.312 e. The van der Waals surface area contributed by atoms with E-state index in [-0.39, 0.29) is 0 Å². The molecular weight excluding hydrogens is 208 g/mol. The zero-order chi connectivity index (χ0) is 11.8. The topological polar surface area (TPSA) is 15.3 Å². The molecule has 3 aliphatic carbocycles. The molecule has 17 heavy (non-hydrogen) atoms. The van der Waals surface area contributed by atoms with Gasteiger partial charge in [-0.15, -0.1) is 0 Å². The van der Waals surface area contributed by atoms with Crippen LogP contribution in [0.4, 0.5) is 0 Å². The van der Waals surface area contributed by atoms with Crippen LogP contribution in [-0.2, 0) is 0 Å². The van der Waals surface area contributed by atoms with E-state index < -0.39 is 0 Å². The van der Waals surface area contributed by atoms with Crippen LogP contribution in [0.25, 0.3) is 0 Å². The summed E-state index contributed by atoms with van der Waals surface area (Å²) < 4.78 is 0. The van der Waals surface area contributed by atoms with E-state index in [9.17, 15) is 0 Å². The molecule has 0 heterocycles. The third-order valence-corrected chi connectivity index (χ3v) is 5.10. The first-order valence-corrected chi connectivity index (χ1v) is 7.69.